The van der Waals surface area contributed by atoms with Crippen LogP contribution < -0.4 is 20.7 Å². The van der Waals surface area contributed by atoms with Crippen LogP contribution >= 0.6 is 0 Å². The number of amides is 3. The minimum atomic E-state index is -0.444. The van der Waals surface area contributed by atoms with E-state index in [2.05, 4.69) is 36.3 Å². The molecule has 3 aliphatic rings. The van der Waals surface area contributed by atoms with Crippen LogP contribution in [0.5, 0.6) is 5.75 Å². The van der Waals surface area contributed by atoms with Gasteiger partial charge in [-0.25, -0.2) is 0 Å². The fraction of sp³-hybridized carbons (Fsp3) is 0.406. The molecular formula is C32H36N8O5. The minimum absolute atomic E-state index is 0.0186. The number of carbonyl (C=O) groups is 3. The van der Waals surface area contributed by atoms with E-state index in [0.29, 0.717) is 34.9 Å². The number of nitrogens with zero attached hydrogens (tertiary/aromatic N) is 5. The van der Waals surface area contributed by atoms with E-state index < -0.39 is 5.91 Å². The molecule has 45 heavy (non-hydrogen) atoms. The first-order valence-electron chi connectivity index (χ1n) is 15.2. The first kappa shape index (κ1) is 30.0. The van der Waals surface area contributed by atoms with Crippen molar-refractivity contribution in [2.24, 2.45) is 17.0 Å². The van der Waals surface area contributed by atoms with Gasteiger partial charge in [0, 0.05) is 49.3 Å². The summed E-state index contributed by atoms with van der Waals surface area (Å²) in [6.07, 6.45) is 7.80. The van der Waals surface area contributed by atoms with Gasteiger partial charge in [-0.1, -0.05) is 29.8 Å². The van der Waals surface area contributed by atoms with E-state index in [9.17, 15) is 14.4 Å². The minimum Gasteiger partial charge on any atom is -0.494 e. The third-order valence-corrected chi connectivity index (χ3v) is 8.40. The van der Waals surface area contributed by atoms with E-state index >= 15 is 0 Å². The maximum atomic E-state index is 13.2. The summed E-state index contributed by atoms with van der Waals surface area (Å²) in [5.74, 6) is 0.208. The van der Waals surface area contributed by atoms with E-state index in [4.69, 9.17) is 9.57 Å². The van der Waals surface area contributed by atoms with Crippen molar-refractivity contribution in [2.45, 2.75) is 44.6 Å². The third kappa shape index (κ3) is 6.42. The number of rotatable bonds is 10. The maximum Gasteiger partial charge on any atom is 0.273 e. The number of carbonyl (C=O) groups excluding carboxylic acids is 3. The zero-order valence-corrected chi connectivity index (χ0v) is 25.5. The Bertz CT molecular complexity index is 1640. The average Bonchev–Trinajstić information content (AvgIpc) is 3.85. The Hall–Kier alpha value is -5.07. The molecule has 13 nitrogen and oxygen atoms in total. The number of hydrogen-bond donors (Lipinski definition) is 3. The molecule has 6 rings (SSSR count). The van der Waals surface area contributed by atoms with Crippen molar-refractivity contribution in [3.8, 4) is 16.9 Å². The maximum absolute atomic E-state index is 13.2. The van der Waals surface area contributed by atoms with Crippen LogP contribution in [0.3, 0.4) is 0 Å². The standard InChI is InChI=1S/C32H36N8O5/c1-33-31(42)28-24(15-27(37-38-28)36-30(41)18-11-12-18)35-22-9-6-8-20(29(22)44-3)19-13-14-23(34-16-19)32(43)40(2)17-25-21-7-4-5-10-26(21)45-39-25/h6,8-9,13-16,18,21,26H,4-5,7,10-12,17H2,1-3H3,(H,33,42)(H2,35,36,37,41)/t21-,26-/m1/s1. The molecule has 3 amide bonds. The highest BCUT2D eigenvalue weighted by molar-refractivity contribution is 6.00. The van der Waals surface area contributed by atoms with Gasteiger partial charge >= 0.3 is 0 Å². The molecule has 3 N–H and O–H groups in total. The predicted molar refractivity (Wildman–Crippen MR) is 168 cm³/mol. The van der Waals surface area contributed by atoms with Crippen molar-refractivity contribution in [3.63, 3.8) is 0 Å². The lowest BCUT2D eigenvalue weighted by Gasteiger charge is -2.25. The van der Waals surface area contributed by atoms with Gasteiger partial charge in [0.15, 0.2) is 11.5 Å². The number of para-hydroxylation sites is 1. The average molecular weight is 613 g/mol. The Morgan fingerprint density at radius 2 is 1.87 bits per heavy atom. The van der Waals surface area contributed by atoms with Gasteiger partial charge < -0.3 is 30.4 Å². The summed E-state index contributed by atoms with van der Waals surface area (Å²) in [6, 6.07) is 10.6. The molecule has 3 aromatic rings. The number of aromatic nitrogens is 3. The number of hydrogen-bond acceptors (Lipinski definition) is 10. The number of oxime groups is 1. The molecule has 0 bridgehead atoms. The Kier molecular flexibility index (Phi) is 8.58. The fourth-order valence-corrected chi connectivity index (χ4v) is 5.78. The monoisotopic (exact) mass is 612 g/mol. The summed E-state index contributed by atoms with van der Waals surface area (Å²) >= 11 is 0. The fourth-order valence-electron chi connectivity index (χ4n) is 5.78. The van der Waals surface area contributed by atoms with E-state index in [1.807, 2.05) is 18.2 Å². The van der Waals surface area contributed by atoms with Crippen LogP contribution in [-0.2, 0) is 9.63 Å². The van der Waals surface area contributed by atoms with Gasteiger partial charge in [0.25, 0.3) is 11.8 Å². The topological polar surface area (TPSA) is 160 Å². The second-order valence-electron chi connectivity index (χ2n) is 11.6. The Balaban J connectivity index is 1.20. The molecule has 0 unspecified atom stereocenters. The van der Waals surface area contributed by atoms with Crippen molar-refractivity contribution in [1.29, 1.82) is 0 Å². The van der Waals surface area contributed by atoms with Crippen molar-refractivity contribution in [1.82, 2.24) is 25.4 Å². The van der Waals surface area contributed by atoms with Crippen molar-refractivity contribution in [2.75, 3.05) is 38.4 Å². The highest BCUT2D eigenvalue weighted by Gasteiger charge is 2.37. The molecule has 2 atom stereocenters. The number of nitrogens with one attached hydrogen (secondary N) is 3. The first-order chi connectivity index (χ1) is 21.9. The number of anilines is 3. The molecule has 2 fully saturated rings. The van der Waals surface area contributed by atoms with Crippen molar-refractivity contribution < 1.29 is 24.0 Å². The van der Waals surface area contributed by atoms with Gasteiger partial charge in [0.2, 0.25) is 5.91 Å². The summed E-state index contributed by atoms with van der Waals surface area (Å²) in [4.78, 5) is 49.9. The lowest BCUT2D eigenvalue weighted by Crippen LogP contribution is -2.37. The van der Waals surface area contributed by atoms with E-state index in [0.717, 1.165) is 49.8 Å². The third-order valence-electron chi connectivity index (χ3n) is 8.40. The number of methoxy groups -OCH3 is 1. The van der Waals surface area contributed by atoms with Crippen LogP contribution in [0.1, 0.15) is 59.5 Å². The summed E-state index contributed by atoms with van der Waals surface area (Å²) in [5, 5.41) is 20.9. The molecule has 0 saturated heterocycles. The molecule has 3 heterocycles. The van der Waals surface area contributed by atoms with E-state index in [1.165, 1.54) is 7.05 Å². The van der Waals surface area contributed by atoms with Crippen LogP contribution in [0.15, 0.2) is 47.8 Å². The molecule has 2 aromatic heterocycles. The number of benzene rings is 1. The van der Waals surface area contributed by atoms with Gasteiger partial charge in [-0.2, -0.15) is 0 Å². The molecule has 1 aromatic carbocycles. The van der Waals surface area contributed by atoms with Gasteiger partial charge in [-0.15, -0.1) is 10.2 Å². The SMILES string of the molecule is CNC(=O)c1nnc(NC(=O)C2CC2)cc1Nc1cccc(-c2ccc(C(=O)N(C)CC3=NO[C@@H]4CCCC[C@H]34)nc2)c1OC. The van der Waals surface area contributed by atoms with Crippen LogP contribution in [0.2, 0.25) is 0 Å². The van der Waals surface area contributed by atoms with Crippen LogP contribution in [0.4, 0.5) is 17.2 Å². The molecule has 2 saturated carbocycles. The number of pyridine rings is 1. The molecule has 234 valence electrons. The normalized spacial score (nSPS) is 18.6. The number of ether oxygens (including phenoxy) is 1. The number of fused-ring (bicyclic) bond motifs is 1. The van der Waals surface area contributed by atoms with Crippen molar-refractivity contribution >= 4 is 40.6 Å². The summed E-state index contributed by atoms with van der Waals surface area (Å²) < 4.78 is 5.80. The van der Waals surface area contributed by atoms with Gasteiger partial charge in [-0.05, 0) is 44.2 Å². The zero-order chi connectivity index (χ0) is 31.5. The van der Waals surface area contributed by atoms with E-state index in [-0.39, 0.29) is 41.3 Å². The van der Waals surface area contributed by atoms with Gasteiger partial charge in [0.1, 0.15) is 17.5 Å². The molecule has 13 heteroatoms. The molecule has 2 aliphatic carbocycles. The second kappa shape index (κ2) is 12.9. The van der Waals surface area contributed by atoms with Gasteiger partial charge in [-0.3, -0.25) is 19.4 Å². The quantitative estimate of drug-likeness (QED) is 0.307. The lowest BCUT2D eigenvalue weighted by atomic mass is 9.84. The molecular weight excluding hydrogens is 576 g/mol. The van der Waals surface area contributed by atoms with Gasteiger partial charge in [0.05, 0.1) is 30.7 Å². The summed E-state index contributed by atoms with van der Waals surface area (Å²) in [5.41, 5.74) is 3.62. The van der Waals surface area contributed by atoms with Crippen molar-refractivity contribution in [3.05, 3.63) is 54.0 Å². The smallest absolute Gasteiger partial charge is 0.273 e. The Morgan fingerprint density at radius 3 is 2.60 bits per heavy atom. The Morgan fingerprint density at radius 1 is 1.04 bits per heavy atom. The predicted octanol–water partition coefficient (Wildman–Crippen LogP) is 4.02. The lowest BCUT2D eigenvalue weighted by molar-refractivity contribution is -0.117. The highest BCUT2D eigenvalue weighted by Crippen LogP contribution is 2.39. The molecule has 0 spiro atoms. The molecule has 1 aliphatic heterocycles. The largest absolute Gasteiger partial charge is 0.494 e. The zero-order valence-electron chi connectivity index (χ0n) is 25.5. The Labute approximate surface area is 260 Å². The summed E-state index contributed by atoms with van der Waals surface area (Å²) in [7, 11) is 4.79. The molecule has 0 radical (unpaired) electrons. The summed E-state index contributed by atoms with van der Waals surface area (Å²) in [6.45, 7) is 0.402. The van der Waals surface area contributed by atoms with Crippen LogP contribution in [0, 0.1) is 11.8 Å². The van der Waals surface area contributed by atoms with E-state index in [1.54, 1.807) is 43.5 Å². The second-order valence-corrected chi connectivity index (χ2v) is 11.6. The highest BCUT2D eigenvalue weighted by atomic mass is 16.6. The first-order valence-corrected chi connectivity index (χ1v) is 15.2. The van der Waals surface area contributed by atoms with Crippen LogP contribution in [0.25, 0.3) is 11.1 Å². The van der Waals surface area contributed by atoms with Crippen LogP contribution in [-0.4, -0.2) is 77.4 Å².